The fourth-order valence-corrected chi connectivity index (χ4v) is 3.27. The van der Waals surface area contributed by atoms with E-state index in [-0.39, 0.29) is 24.3 Å². The lowest BCUT2D eigenvalue weighted by atomic mass is 10.2. The van der Waals surface area contributed by atoms with Gasteiger partial charge in [-0.05, 0) is 41.9 Å². The Morgan fingerprint density at radius 3 is 2.52 bits per heavy atom. The molecule has 0 aliphatic carbocycles. The highest BCUT2D eigenvalue weighted by Gasteiger charge is 2.25. The number of anilines is 1. The van der Waals surface area contributed by atoms with Crippen LogP contribution in [0.1, 0.15) is 13.8 Å². The molecule has 0 unspecified atom stereocenters. The van der Waals surface area contributed by atoms with Crippen LogP contribution in [0, 0.1) is 0 Å². The SMILES string of the molecule is CCOC(=O)NN(C(=O)OCC)c1coc2c(Br)cc(Br)cc2c1=O. The lowest BCUT2D eigenvalue weighted by Crippen LogP contribution is -2.48. The molecule has 2 amide bonds. The van der Waals surface area contributed by atoms with Crippen molar-refractivity contribution in [2.75, 3.05) is 18.2 Å². The summed E-state index contributed by atoms with van der Waals surface area (Å²) in [6.45, 7) is 3.34. The van der Waals surface area contributed by atoms with Crippen molar-refractivity contribution in [3.05, 3.63) is 37.6 Å². The first-order valence-electron chi connectivity index (χ1n) is 7.19. The number of ether oxygens (including phenoxy) is 2. The van der Waals surface area contributed by atoms with E-state index >= 15 is 0 Å². The monoisotopic (exact) mass is 476 g/mol. The van der Waals surface area contributed by atoms with Crippen LogP contribution in [0.3, 0.4) is 0 Å². The molecule has 0 saturated heterocycles. The second-order valence-corrected chi connectivity index (χ2v) is 6.35. The van der Waals surface area contributed by atoms with Gasteiger partial charge in [-0.25, -0.2) is 15.0 Å². The fraction of sp³-hybridized carbons (Fsp3) is 0.267. The number of benzene rings is 1. The quantitative estimate of drug-likeness (QED) is 0.672. The molecule has 2 rings (SSSR count). The molecule has 2 aromatic rings. The van der Waals surface area contributed by atoms with Crippen molar-refractivity contribution in [1.29, 1.82) is 0 Å². The van der Waals surface area contributed by atoms with Gasteiger partial charge in [0, 0.05) is 4.47 Å². The normalized spacial score (nSPS) is 10.4. The van der Waals surface area contributed by atoms with Crippen molar-refractivity contribution >= 4 is 60.7 Å². The minimum atomic E-state index is -0.948. The summed E-state index contributed by atoms with van der Waals surface area (Å²) in [7, 11) is 0. The van der Waals surface area contributed by atoms with E-state index in [4.69, 9.17) is 13.9 Å². The third-order valence-electron chi connectivity index (χ3n) is 2.94. The number of hydrogen-bond donors (Lipinski definition) is 1. The van der Waals surface area contributed by atoms with Gasteiger partial charge >= 0.3 is 12.2 Å². The van der Waals surface area contributed by atoms with E-state index < -0.39 is 17.6 Å². The Morgan fingerprint density at radius 1 is 1.20 bits per heavy atom. The van der Waals surface area contributed by atoms with Crippen LogP contribution >= 0.6 is 31.9 Å². The van der Waals surface area contributed by atoms with Gasteiger partial charge in [-0.15, -0.1) is 0 Å². The van der Waals surface area contributed by atoms with Gasteiger partial charge in [0.15, 0.2) is 11.3 Å². The lowest BCUT2D eigenvalue weighted by Gasteiger charge is -2.21. The zero-order valence-corrected chi connectivity index (χ0v) is 16.5. The first-order valence-corrected chi connectivity index (χ1v) is 8.78. The predicted molar refractivity (Wildman–Crippen MR) is 97.5 cm³/mol. The van der Waals surface area contributed by atoms with Crippen molar-refractivity contribution < 1.29 is 23.5 Å². The largest absolute Gasteiger partial charge is 0.461 e. The second-order valence-electron chi connectivity index (χ2n) is 4.58. The average molecular weight is 478 g/mol. The van der Waals surface area contributed by atoms with Gasteiger partial charge in [-0.2, -0.15) is 5.01 Å². The number of amides is 2. The van der Waals surface area contributed by atoms with E-state index in [9.17, 15) is 14.4 Å². The van der Waals surface area contributed by atoms with E-state index in [1.807, 2.05) is 0 Å². The molecule has 1 heterocycles. The zero-order chi connectivity index (χ0) is 18.6. The first-order chi connectivity index (χ1) is 11.9. The van der Waals surface area contributed by atoms with E-state index in [1.165, 1.54) is 0 Å². The van der Waals surface area contributed by atoms with E-state index in [1.54, 1.807) is 26.0 Å². The molecule has 8 nitrogen and oxygen atoms in total. The van der Waals surface area contributed by atoms with Crippen molar-refractivity contribution in [1.82, 2.24) is 5.43 Å². The molecule has 25 heavy (non-hydrogen) atoms. The molecule has 0 fully saturated rings. The number of rotatable bonds is 3. The number of hydrogen-bond acceptors (Lipinski definition) is 6. The van der Waals surface area contributed by atoms with Crippen LogP contribution < -0.4 is 15.9 Å². The maximum absolute atomic E-state index is 12.8. The molecule has 0 saturated carbocycles. The summed E-state index contributed by atoms with van der Waals surface area (Å²) >= 11 is 6.59. The van der Waals surface area contributed by atoms with Gasteiger partial charge in [0.2, 0.25) is 5.43 Å². The summed E-state index contributed by atoms with van der Waals surface area (Å²) in [6.07, 6.45) is -0.798. The van der Waals surface area contributed by atoms with E-state index in [0.717, 1.165) is 6.26 Å². The Kier molecular flexibility index (Phi) is 6.43. The van der Waals surface area contributed by atoms with Crippen LogP contribution in [0.4, 0.5) is 15.3 Å². The fourth-order valence-electron chi connectivity index (χ4n) is 1.96. The Hall–Kier alpha value is -2.07. The summed E-state index contributed by atoms with van der Waals surface area (Å²) < 4.78 is 16.3. The Morgan fingerprint density at radius 2 is 1.88 bits per heavy atom. The van der Waals surface area contributed by atoms with E-state index in [2.05, 4.69) is 37.3 Å². The van der Waals surface area contributed by atoms with E-state index in [0.29, 0.717) is 19.5 Å². The minimum Gasteiger partial charge on any atom is -0.461 e. The second kappa shape index (κ2) is 8.34. The molecule has 10 heteroatoms. The molecule has 1 N–H and O–H groups in total. The van der Waals surface area contributed by atoms with Crippen molar-refractivity contribution in [2.24, 2.45) is 0 Å². The van der Waals surface area contributed by atoms with Gasteiger partial charge in [0.05, 0.1) is 23.1 Å². The molecule has 0 bridgehead atoms. The maximum Gasteiger partial charge on any atom is 0.433 e. The van der Waals surface area contributed by atoms with Gasteiger partial charge in [0.25, 0.3) is 0 Å². The highest BCUT2D eigenvalue weighted by atomic mass is 79.9. The molecule has 1 aromatic carbocycles. The number of fused-ring (bicyclic) bond motifs is 1. The van der Waals surface area contributed by atoms with Gasteiger partial charge in [0.1, 0.15) is 6.26 Å². The predicted octanol–water partition coefficient (Wildman–Crippen LogP) is 3.94. The van der Waals surface area contributed by atoms with Gasteiger partial charge < -0.3 is 13.9 Å². The topological polar surface area (TPSA) is 98.1 Å². The molecule has 134 valence electrons. The third kappa shape index (κ3) is 4.31. The van der Waals surface area contributed by atoms with Crippen LogP contribution in [0.2, 0.25) is 0 Å². The summed E-state index contributed by atoms with van der Waals surface area (Å²) in [4.78, 5) is 36.6. The van der Waals surface area contributed by atoms with Crippen LogP contribution in [-0.2, 0) is 9.47 Å². The lowest BCUT2D eigenvalue weighted by molar-refractivity contribution is 0.138. The van der Waals surface area contributed by atoms with Crippen LogP contribution in [-0.4, -0.2) is 25.4 Å². The van der Waals surface area contributed by atoms with Crippen LogP contribution in [0.25, 0.3) is 11.0 Å². The van der Waals surface area contributed by atoms with Gasteiger partial charge in [-0.1, -0.05) is 15.9 Å². The van der Waals surface area contributed by atoms with Crippen LogP contribution in [0.15, 0.2) is 36.6 Å². The smallest absolute Gasteiger partial charge is 0.433 e. The Balaban J connectivity index is 2.56. The molecule has 0 radical (unpaired) electrons. The highest BCUT2D eigenvalue weighted by Crippen LogP contribution is 2.28. The maximum atomic E-state index is 12.8. The summed E-state index contributed by atoms with van der Waals surface area (Å²) in [5.74, 6) is 0. The molecule has 0 atom stereocenters. The summed E-state index contributed by atoms with van der Waals surface area (Å²) in [6, 6.07) is 3.26. The number of carbonyl (C=O) groups excluding carboxylic acids is 2. The summed E-state index contributed by atoms with van der Waals surface area (Å²) in [5, 5.41) is 0.861. The first kappa shape index (κ1) is 19.3. The molecule has 0 aliphatic rings. The minimum absolute atomic E-state index is 0.0514. The number of halogens is 2. The molecular formula is C15H14Br2N2O6. The zero-order valence-electron chi connectivity index (χ0n) is 13.3. The molecule has 0 spiro atoms. The number of hydrazine groups is 1. The molecule has 1 aromatic heterocycles. The van der Waals surface area contributed by atoms with Crippen molar-refractivity contribution in [2.45, 2.75) is 13.8 Å². The number of nitrogens with one attached hydrogen (secondary N) is 1. The Bertz CT molecular complexity index is 867. The highest BCUT2D eigenvalue weighted by molar-refractivity contribution is 9.11. The summed E-state index contributed by atoms with van der Waals surface area (Å²) in [5.41, 5.74) is 1.72. The number of nitrogens with zero attached hydrogens (tertiary/aromatic N) is 1. The standard InChI is InChI=1S/C15H14Br2N2O6/c1-3-23-14(21)18-19(15(22)24-4-2)11-7-25-13-9(12(11)20)5-8(16)6-10(13)17/h5-7H,3-4H2,1-2H3,(H,18,21). The average Bonchev–Trinajstić information content (AvgIpc) is 2.54. The van der Waals surface area contributed by atoms with Crippen molar-refractivity contribution in [3.8, 4) is 0 Å². The van der Waals surface area contributed by atoms with Crippen LogP contribution in [0.5, 0.6) is 0 Å². The Labute approximate surface area is 159 Å². The number of carbonyl (C=O) groups is 2. The third-order valence-corrected chi connectivity index (χ3v) is 3.99. The van der Waals surface area contributed by atoms with Crippen molar-refractivity contribution in [3.63, 3.8) is 0 Å². The molecule has 0 aliphatic heterocycles. The molecular weight excluding hydrogens is 464 g/mol. The van der Waals surface area contributed by atoms with Gasteiger partial charge in [-0.3, -0.25) is 4.79 Å².